The molecule has 0 spiro atoms. The van der Waals surface area contributed by atoms with Crippen molar-refractivity contribution in [3.63, 3.8) is 0 Å². The highest BCUT2D eigenvalue weighted by molar-refractivity contribution is 5.88. The maximum atomic E-state index is 14.9. The minimum absolute atomic E-state index is 0.290. The number of benzene rings is 1. The van der Waals surface area contributed by atoms with E-state index in [1.807, 2.05) is 19.1 Å². The van der Waals surface area contributed by atoms with Crippen LogP contribution < -0.4 is 10.2 Å². The van der Waals surface area contributed by atoms with Gasteiger partial charge in [0, 0.05) is 37.2 Å². The van der Waals surface area contributed by atoms with Gasteiger partial charge in [0.15, 0.2) is 5.82 Å². The first-order valence-corrected chi connectivity index (χ1v) is 11.1. The van der Waals surface area contributed by atoms with Gasteiger partial charge in [0.2, 0.25) is 0 Å². The van der Waals surface area contributed by atoms with Crippen LogP contribution in [0.15, 0.2) is 22.7 Å². The van der Waals surface area contributed by atoms with E-state index in [1.54, 1.807) is 13.0 Å². The summed E-state index contributed by atoms with van der Waals surface area (Å²) in [7, 11) is 0. The lowest BCUT2D eigenvalue weighted by atomic mass is 10.0. The number of pyridine rings is 1. The van der Waals surface area contributed by atoms with E-state index < -0.39 is 0 Å². The van der Waals surface area contributed by atoms with Crippen LogP contribution in [0.25, 0.3) is 22.4 Å². The van der Waals surface area contributed by atoms with Crippen molar-refractivity contribution in [2.24, 2.45) is 0 Å². The highest BCUT2D eigenvalue weighted by Gasteiger charge is 2.27. The van der Waals surface area contributed by atoms with Crippen LogP contribution in [0.3, 0.4) is 0 Å². The summed E-state index contributed by atoms with van der Waals surface area (Å²) in [4.78, 5) is 11.4. The van der Waals surface area contributed by atoms with E-state index in [1.165, 1.54) is 0 Å². The highest BCUT2D eigenvalue weighted by Crippen LogP contribution is 2.34. The van der Waals surface area contributed by atoms with Crippen LogP contribution in [0.1, 0.15) is 37.6 Å². The first-order chi connectivity index (χ1) is 15.1. The second kappa shape index (κ2) is 8.51. The molecular formula is C23H28FN5O2. The van der Waals surface area contributed by atoms with Crippen molar-refractivity contribution >= 4 is 16.7 Å². The van der Waals surface area contributed by atoms with Crippen LogP contribution in [0.4, 0.5) is 10.2 Å². The summed E-state index contributed by atoms with van der Waals surface area (Å²) < 4.78 is 25.8. The smallest absolute Gasteiger partial charge is 0.261 e. The Hall–Kier alpha value is -2.58. The topological polar surface area (TPSA) is 76.3 Å². The fourth-order valence-corrected chi connectivity index (χ4v) is 4.56. The average molecular weight is 426 g/mol. The number of aryl methyl sites for hydroxylation is 2. The Morgan fingerprint density at radius 2 is 1.97 bits per heavy atom. The fourth-order valence-electron chi connectivity index (χ4n) is 4.56. The molecule has 8 heteroatoms. The van der Waals surface area contributed by atoms with E-state index >= 15 is 0 Å². The molecule has 2 aliphatic rings. The summed E-state index contributed by atoms with van der Waals surface area (Å²) in [5.41, 5.74) is 2.09. The normalized spacial score (nSPS) is 20.1. The van der Waals surface area contributed by atoms with Gasteiger partial charge in [0.05, 0.1) is 12.2 Å². The van der Waals surface area contributed by atoms with Crippen molar-refractivity contribution in [1.29, 1.82) is 0 Å². The first kappa shape index (κ1) is 20.3. The zero-order valence-corrected chi connectivity index (χ0v) is 18.0. The monoisotopic (exact) mass is 425 g/mol. The molecule has 0 amide bonds. The molecule has 1 aromatic carbocycles. The lowest BCUT2D eigenvalue weighted by Crippen LogP contribution is -2.46. The number of nitrogens with one attached hydrogen (secondary N) is 1. The molecule has 1 N–H and O–H groups in total. The number of halogens is 1. The third-order valence-electron chi connectivity index (χ3n) is 6.27. The fraction of sp³-hybridized carbons (Fsp3) is 0.522. The minimum atomic E-state index is -0.290. The van der Waals surface area contributed by atoms with Gasteiger partial charge in [-0.2, -0.15) is 4.98 Å². The quantitative estimate of drug-likeness (QED) is 0.669. The van der Waals surface area contributed by atoms with Crippen molar-refractivity contribution in [3.8, 4) is 11.5 Å². The van der Waals surface area contributed by atoms with Crippen molar-refractivity contribution in [3.05, 3.63) is 35.4 Å². The van der Waals surface area contributed by atoms with Gasteiger partial charge < -0.3 is 19.5 Å². The lowest BCUT2D eigenvalue weighted by molar-refractivity contribution is 0.186. The van der Waals surface area contributed by atoms with Crippen molar-refractivity contribution in [2.75, 3.05) is 31.2 Å². The van der Waals surface area contributed by atoms with Gasteiger partial charge in [-0.15, -0.1) is 0 Å². The Morgan fingerprint density at radius 1 is 1.13 bits per heavy atom. The molecule has 2 fully saturated rings. The van der Waals surface area contributed by atoms with Gasteiger partial charge in [-0.3, -0.25) is 0 Å². The summed E-state index contributed by atoms with van der Waals surface area (Å²) in [5, 5.41) is 8.42. The van der Waals surface area contributed by atoms with Crippen LogP contribution in [-0.4, -0.2) is 53.5 Å². The van der Waals surface area contributed by atoms with Crippen LogP contribution in [0.2, 0.25) is 0 Å². The molecule has 2 aliphatic heterocycles. The maximum Gasteiger partial charge on any atom is 0.261 e. The second-order valence-electron chi connectivity index (χ2n) is 8.50. The zero-order valence-electron chi connectivity index (χ0n) is 18.0. The minimum Gasteiger partial charge on any atom is -0.380 e. The number of aromatic nitrogens is 3. The number of ether oxygens (including phenoxy) is 1. The van der Waals surface area contributed by atoms with Gasteiger partial charge in [-0.1, -0.05) is 12.1 Å². The molecule has 0 bridgehead atoms. The van der Waals surface area contributed by atoms with E-state index in [0.717, 1.165) is 68.5 Å². The first-order valence-electron chi connectivity index (χ1n) is 11.1. The number of nitrogens with zero attached hydrogens (tertiary/aromatic N) is 4. The van der Waals surface area contributed by atoms with Crippen LogP contribution >= 0.6 is 0 Å². The number of hydrogen-bond acceptors (Lipinski definition) is 7. The zero-order chi connectivity index (χ0) is 21.4. The standard InChI is InChI=1S/C23H28FN5O2/c1-3-15-10-16-12-19(23-25-14(2)28-31-23)22(27-21(16)20(24)11-15)29-7-4-17(5-8-29)26-18-6-9-30-13-18/h10-12,17-18,26H,3-9,13H2,1-2H3/t18-/m1/s1. The average Bonchev–Trinajstić information content (AvgIpc) is 3.45. The molecular weight excluding hydrogens is 397 g/mol. The molecule has 31 heavy (non-hydrogen) atoms. The van der Waals surface area contributed by atoms with Crippen LogP contribution in [0, 0.1) is 12.7 Å². The van der Waals surface area contributed by atoms with Crippen LogP contribution in [-0.2, 0) is 11.2 Å². The molecule has 0 aliphatic carbocycles. The Morgan fingerprint density at radius 3 is 2.65 bits per heavy atom. The Balaban J connectivity index is 1.47. The molecule has 0 unspecified atom stereocenters. The number of fused-ring (bicyclic) bond motifs is 1. The summed E-state index contributed by atoms with van der Waals surface area (Å²) in [6.45, 7) is 7.11. The van der Waals surface area contributed by atoms with Gasteiger partial charge in [0.1, 0.15) is 17.2 Å². The molecule has 7 nitrogen and oxygen atoms in total. The Labute approximate surface area is 181 Å². The third kappa shape index (κ3) is 4.14. The molecule has 0 saturated carbocycles. The molecule has 164 valence electrons. The van der Waals surface area contributed by atoms with Gasteiger partial charge in [-0.25, -0.2) is 9.37 Å². The van der Waals surface area contributed by atoms with Gasteiger partial charge in [0.25, 0.3) is 5.89 Å². The molecule has 3 aromatic rings. The van der Waals surface area contributed by atoms with E-state index in [4.69, 9.17) is 14.2 Å². The molecule has 5 rings (SSSR count). The Kier molecular flexibility index (Phi) is 5.58. The van der Waals surface area contributed by atoms with E-state index in [-0.39, 0.29) is 5.82 Å². The predicted molar refractivity (Wildman–Crippen MR) is 117 cm³/mol. The van der Waals surface area contributed by atoms with Gasteiger partial charge in [-0.05, 0) is 56.4 Å². The number of rotatable bonds is 5. The van der Waals surface area contributed by atoms with Crippen molar-refractivity contribution < 1.29 is 13.7 Å². The summed E-state index contributed by atoms with van der Waals surface area (Å²) in [5.74, 6) is 1.41. The maximum absolute atomic E-state index is 14.9. The molecule has 2 aromatic heterocycles. The van der Waals surface area contributed by atoms with E-state index in [9.17, 15) is 4.39 Å². The van der Waals surface area contributed by atoms with Gasteiger partial charge >= 0.3 is 0 Å². The van der Waals surface area contributed by atoms with E-state index in [2.05, 4.69) is 20.4 Å². The molecule has 4 heterocycles. The number of hydrogen-bond donors (Lipinski definition) is 1. The van der Waals surface area contributed by atoms with Crippen LogP contribution in [0.5, 0.6) is 0 Å². The highest BCUT2D eigenvalue weighted by atomic mass is 19.1. The van der Waals surface area contributed by atoms with Crippen molar-refractivity contribution in [2.45, 2.75) is 51.6 Å². The third-order valence-corrected chi connectivity index (χ3v) is 6.27. The molecule has 2 saturated heterocycles. The SMILES string of the molecule is CCc1cc(F)c2nc(N3CCC(N[C@@H]4CCOC4)CC3)c(-c3nc(C)no3)cc2c1. The van der Waals surface area contributed by atoms with E-state index in [0.29, 0.717) is 35.1 Å². The molecule has 0 radical (unpaired) electrons. The summed E-state index contributed by atoms with van der Waals surface area (Å²) in [6, 6.07) is 6.42. The number of piperidine rings is 1. The van der Waals surface area contributed by atoms with Crippen molar-refractivity contribution in [1.82, 2.24) is 20.4 Å². The molecule has 1 atom stereocenters. The summed E-state index contributed by atoms with van der Waals surface area (Å²) in [6.07, 6.45) is 3.83. The summed E-state index contributed by atoms with van der Waals surface area (Å²) >= 11 is 0. The Bertz CT molecular complexity index is 1070. The lowest BCUT2D eigenvalue weighted by Gasteiger charge is -2.35. The second-order valence-corrected chi connectivity index (χ2v) is 8.50. The largest absolute Gasteiger partial charge is 0.380 e. The number of anilines is 1. The predicted octanol–water partition coefficient (Wildman–Crippen LogP) is 3.64.